The molecule has 0 aliphatic heterocycles. The molecule has 1 aromatic rings. The van der Waals surface area contributed by atoms with E-state index in [4.69, 9.17) is 4.74 Å². The quantitative estimate of drug-likeness (QED) is 0.733. The minimum Gasteiger partial charge on any atom is -0.378 e. The molecule has 1 aliphatic rings. The second-order valence-corrected chi connectivity index (χ2v) is 7.84. The first-order chi connectivity index (χ1) is 11.6. The van der Waals surface area contributed by atoms with Gasteiger partial charge in [-0.15, -0.1) is 11.3 Å². The number of hydrogen-bond donors (Lipinski definition) is 1. The van der Waals surface area contributed by atoms with E-state index in [1.54, 1.807) is 6.20 Å². The van der Waals surface area contributed by atoms with Gasteiger partial charge in [0.05, 0.1) is 6.10 Å². The van der Waals surface area contributed by atoms with Gasteiger partial charge in [-0.05, 0) is 44.4 Å². The maximum atomic E-state index is 12.7. The maximum Gasteiger partial charge on any atom is 0.323 e. The summed E-state index contributed by atoms with van der Waals surface area (Å²) in [6, 6.07) is 0.300. The van der Waals surface area contributed by atoms with Crippen LogP contribution in [-0.2, 0) is 4.74 Å². The Hall–Kier alpha value is -1.14. The molecule has 136 valence electrons. The summed E-state index contributed by atoms with van der Waals surface area (Å²) in [5, 5.41) is 5.51. The summed E-state index contributed by atoms with van der Waals surface area (Å²) in [6.07, 6.45) is 8.33. The van der Waals surface area contributed by atoms with Gasteiger partial charge in [0.25, 0.3) is 0 Å². The Balaban J connectivity index is 1.91. The molecule has 0 spiro atoms. The van der Waals surface area contributed by atoms with Crippen molar-refractivity contribution >= 4 is 22.5 Å². The monoisotopic (exact) mass is 353 g/mol. The molecule has 5 nitrogen and oxygen atoms in total. The molecule has 0 aromatic carbocycles. The van der Waals surface area contributed by atoms with Crippen LogP contribution in [0.15, 0.2) is 11.6 Å². The number of thiazole rings is 1. The van der Waals surface area contributed by atoms with Gasteiger partial charge in [0.15, 0.2) is 5.13 Å². The molecule has 6 heteroatoms. The van der Waals surface area contributed by atoms with Crippen LogP contribution in [0.2, 0.25) is 0 Å². The minimum absolute atomic E-state index is 0.0106. The molecule has 1 N–H and O–H groups in total. The SMILES string of the molecule is CCCOC1CCC(N(CCC(C)C)C(=O)Nc2nccs2)CC1. The van der Waals surface area contributed by atoms with E-state index < -0.39 is 0 Å². The number of aromatic nitrogens is 1. The number of rotatable bonds is 8. The van der Waals surface area contributed by atoms with Crippen LogP contribution in [0.3, 0.4) is 0 Å². The highest BCUT2D eigenvalue weighted by Crippen LogP contribution is 2.26. The Morgan fingerprint density at radius 2 is 2.17 bits per heavy atom. The predicted molar refractivity (Wildman–Crippen MR) is 99.6 cm³/mol. The molecule has 1 aliphatic carbocycles. The summed E-state index contributed by atoms with van der Waals surface area (Å²) in [5.41, 5.74) is 0. The van der Waals surface area contributed by atoms with Crippen LogP contribution in [0.5, 0.6) is 0 Å². The first-order valence-electron chi connectivity index (χ1n) is 9.18. The molecule has 1 aromatic heterocycles. The summed E-state index contributed by atoms with van der Waals surface area (Å²) >= 11 is 1.46. The number of nitrogens with one attached hydrogen (secondary N) is 1. The summed E-state index contributed by atoms with van der Waals surface area (Å²) in [7, 11) is 0. The first-order valence-corrected chi connectivity index (χ1v) is 10.1. The summed E-state index contributed by atoms with van der Waals surface area (Å²) in [6.45, 7) is 8.19. The highest BCUT2D eigenvalue weighted by molar-refractivity contribution is 7.13. The first kappa shape index (κ1) is 19.2. The number of hydrogen-bond acceptors (Lipinski definition) is 4. The topological polar surface area (TPSA) is 54.5 Å². The molecular formula is C18H31N3O2S. The molecule has 1 saturated carbocycles. The van der Waals surface area contributed by atoms with Crippen molar-refractivity contribution in [3.05, 3.63) is 11.6 Å². The van der Waals surface area contributed by atoms with E-state index in [9.17, 15) is 4.79 Å². The molecule has 24 heavy (non-hydrogen) atoms. The number of amides is 2. The molecule has 0 saturated heterocycles. The molecule has 2 rings (SSSR count). The zero-order chi connectivity index (χ0) is 17.4. The van der Waals surface area contributed by atoms with Crippen LogP contribution >= 0.6 is 11.3 Å². The Labute approximate surface area is 149 Å². The van der Waals surface area contributed by atoms with E-state index in [-0.39, 0.29) is 6.03 Å². The van der Waals surface area contributed by atoms with Gasteiger partial charge in [0.2, 0.25) is 0 Å². The average Bonchev–Trinajstić information content (AvgIpc) is 3.07. The Kier molecular flexibility index (Phi) is 7.99. The van der Waals surface area contributed by atoms with Crippen LogP contribution in [0.25, 0.3) is 0 Å². The Morgan fingerprint density at radius 3 is 2.75 bits per heavy atom. The van der Waals surface area contributed by atoms with Crippen molar-refractivity contribution in [3.8, 4) is 0 Å². The third-order valence-corrected chi connectivity index (χ3v) is 5.19. The van der Waals surface area contributed by atoms with Gasteiger partial charge >= 0.3 is 6.03 Å². The zero-order valence-electron chi connectivity index (χ0n) is 15.2. The fourth-order valence-corrected chi connectivity index (χ4v) is 3.62. The standard InChI is InChI=1S/C18H31N3O2S/c1-4-12-23-16-7-5-15(6-8-16)21(11-9-14(2)3)18(22)20-17-19-10-13-24-17/h10,13-16H,4-9,11-12H2,1-3H3,(H,19,20,22). The lowest BCUT2D eigenvalue weighted by Gasteiger charge is -2.37. The van der Waals surface area contributed by atoms with Crippen LogP contribution in [-0.4, -0.2) is 41.2 Å². The van der Waals surface area contributed by atoms with E-state index >= 15 is 0 Å². The van der Waals surface area contributed by atoms with E-state index in [1.807, 2.05) is 10.3 Å². The largest absolute Gasteiger partial charge is 0.378 e. The second kappa shape index (κ2) is 9.99. The third-order valence-electron chi connectivity index (χ3n) is 4.50. The van der Waals surface area contributed by atoms with Gasteiger partial charge in [-0.1, -0.05) is 20.8 Å². The van der Waals surface area contributed by atoms with E-state index in [1.165, 1.54) is 11.3 Å². The van der Waals surface area contributed by atoms with Crippen molar-refractivity contribution in [2.24, 2.45) is 5.92 Å². The molecule has 0 unspecified atom stereocenters. The van der Waals surface area contributed by atoms with E-state index in [0.717, 1.165) is 51.7 Å². The Morgan fingerprint density at radius 1 is 1.42 bits per heavy atom. The van der Waals surface area contributed by atoms with Gasteiger partial charge in [0, 0.05) is 30.8 Å². The van der Waals surface area contributed by atoms with Gasteiger partial charge in [0.1, 0.15) is 0 Å². The number of carbonyl (C=O) groups excluding carboxylic acids is 1. The van der Waals surface area contributed by atoms with Crippen molar-refractivity contribution in [3.63, 3.8) is 0 Å². The normalized spacial score (nSPS) is 21.0. The molecule has 0 bridgehead atoms. The van der Waals surface area contributed by atoms with Crippen LogP contribution < -0.4 is 5.32 Å². The van der Waals surface area contributed by atoms with Crippen molar-refractivity contribution < 1.29 is 9.53 Å². The van der Waals surface area contributed by atoms with E-state index in [2.05, 4.69) is 31.1 Å². The van der Waals surface area contributed by atoms with Crippen molar-refractivity contribution in [2.45, 2.75) is 71.4 Å². The molecule has 0 radical (unpaired) electrons. The molecular weight excluding hydrogens is 322 g/mol. The Bertz CT molecular complexity index is 471. The smallest absolute Gasteiger partial charge is 0.323 e. The minimum atomic E-state index is -0.0106. The van der Waals surface area contributed by atoms with E-state index in [0.29, 0.717) is 23.2 Å². The lowest BCUT2D eigenvalue weighted by molar-refractivity contribution is 0.0127. The van der Waals surface area contributed by atoms with Crippen molar-refractivity contribution in [1.82, 2.24) is 9.88 Å². The van der Waals surface area contributed by atoms with Gasteiger partial charge < -0.3 is 9.64 Å². The van der Waals surface area contributed by atoms with Crippen LogP contribution in [0.1, 0.15) is 59.3 Å². The fraction of sp³-hybridized carbons (Fsp3) is 0.778. The maximum absolute atomic E-state index is 12.7. The molecule has 2 amide bonds. The number of urea groups is 1. The predicted octanol–water partition coefficient (Wildman–Crippen LogP) is 4.76. The second-order valence-electron chi connectivity index (χ2n) is 6.94. The van der Waals surface area contributed by atoms with Crippen molar-refractivity contribution in [2.75, 3.05) is 18.5 Å². The fourth-order valence-electron chi connectivity index (χ4n) is 3.10. The number of carbonyl (C=O) groups is 1. The average molecular weight is 354 g/mol. The van der Waals surface area contributed by atoms with Gasteiger partial charge in [-0.25, -0.2) is 9.78 Å². The number of nitrogens with zero attached hydrogens (tertiary/aromatic N) is 2. The zero-order valence-corrected chi connectivity index (χ0v) is 16.0. The number of anilines is 1. The summed E-state index contributed by atoms with van der Waals surface area (Å²) < 4.78 is 5.88. The highest BCUT2D eigenvalue weighted by atomic mass is 32.1. The lowest BCUT2D eigenvalue weighted by atomic mass is 9.91. The van der Waals surface area contributed by atoms with Gasteiger partial charge in [-0.2, -0.15) is 0 Å². The van der Waals surface area contributed by atoms with Crippen LogP contribution in [0, 0.1) is 5.92 Å². The van der Waals surface area contributed by atoms with Crippen molar-refractivity contribution in [1.29, 1.82) is 0 Å². The molecule has 0 atom stereocenters. The highest BCUT2D eigenvalue weighted by Gasteiger charge is 2.29. The molecule has 1 fully saturated rings. The third kappa shape index (κ3) is 6.06. The van der Waals surface area contributed by atoms with Gasteiger partial charge in [-0.3, -0.25) is 5.32 Å². The summed E-state index contributed by atoms with van der Waals surface area (Å²) in [4.78, 5) is 18.9. The molecule has 1 heterocycles. The van der Waals surface area contributed by atoms with Crippen LogP contribution in [0.4, 0.5) is 9.93 Å². The lowest BCUT2D eigenvalue weighted by Crippen LogP contribution is -2.46. The summed E-state index contributed by atoms with van der Waals surface area (Å²) in [5.74, 6) is 0.587. The number of ether oxygens (including phenoxy) is 1.